The van der Waals surface area contributed by atoms with Crippen LogP contribution in [0.25, 0.3) is 22.0 Å². The first-order valence-corrected chi connectivity index (χ1v) is 13.6. The minimum Gasteiger partial charge on any atom is -0.369 e. The normalized spacial score (nSPS) is 14.7. The maximum absolute atomic E-state index is 15.6. The highest BCUT2D eigenvalue weighted by Gasteiger charge is 2.35. The van der Waals surface area contributed by atoms with E-state index in [1.807, 2.05) is 29.1 Å². The van der Waals surface area contributed by atoms with Crippen molar-refractivity contribution in [1.29, 1.82) is 0 Å². The van der Waals surface area contributed by atoms with Crippen LogP contribution in [0.1, 0.15) is 21.8 Å². The van der Waals surface area contributed by atoms with Gasteiger partial charge in [-0.1, -0.05) is 18.2 Å². The number of fused-ring (bicyclic) bond motifs is 2. The molecule has 0 aliphatic carbocycles. The topological polar surface area (TPSA) is 106 Å². The van der Waals surface area contributed by atoms with Crippen LogP contribution in [-0.4, -0.2) is 35.5 Å². The van der Waals surface area contributed by atoms with Crippen molar-refractivity contribution in [3.8, 4) is 11.1 Å². The molecule has 6 rings (SSSR count). The molecule has 3 heterocycles. The van der Waals surface area contributed by atoms with Crippen molar-refractivity contribution in [2.24, 2.45) is 7.05 Å². The molecule has 12 heteroatoms. The molecule has 0 fully saturated rings. The number of halogens is 3. The lowest BCUT2D eigenvalue weighted by Crippen LogP contribution is -2.20. The molecule has 3 aromatic carbocycles. The van der Waals surface area contributed by atoms with Crippen molar-refractivity contribution in [2.45, 2.75) is 10.8 Å². The molecule has 0 spiro atoms. The average molecular weight is 564 g/mol. The first-order valence-electron chi connectivity index (χ1n) is 12.1. The first kappa shape index (κ1) is 25.6. The van der Waals surface area contributed by atoms with Gasteiger partial charge < -0.3 is 5.32 Å². The van der Waals surface area contributed by atoms with Crippen LogP contribution in [0.4, 0.5) is 24.7 Å². The van der Waals surface area contributed by atoms with Crippen molar-refractivity contribution in [3.05, 3.63) is 102 Å². The summed E-state index contributed by atoms with van der Waals surface area (Å²) in [6, 6.07) is 13.1. The van der Waals surface area contributed by atoms with Crippen LogP contribution in [-0.2, 0) is 17.1 Å². The van der Waals surface area contributed by atoms with Gasteiger partial charge in [-0.3, -0.25) is 14.2 Å². The minimum absolute atomic E-state index is 0.0415. The number of rotatable bonds is 6. The third kappa shape index (κ3) is 4.35. The Morgan fingerprint density at radius 2 is 1.88 bits per heavy atom. The van der Waals surface area contributed by atoms with Crippen molar-refractivity contribution in [1.82, 2.24) is 14.8 Å². The van der Waals surface area contributed by atoms with Crippen molar-refractivity contribution >= 4 is 38.2 Å². The lowest BCUT2D eigenvalue weighted by molar-refractivity contribution is 0.0958. The van der Waals surface area contributed by atoms with Gasteiger partial charge in [-0.15, -0.1) is 0 Å². The standard InChI is InChI=1S/C28H20F3N5O3S/c1-36-14-21-18(6-3-7-23(21)34-36)15-10-19-20(13-33-28(19)32-12-15)27(37)25-22(30)8-9-24(26(25)31)35-40(38,39)17-5-2-4-16(29)11-17/h2-12,14,20,35H,13H2,1H3,(H,32,33). The molecule has 0 amide bonds. The number of carbonyl (C=O) groups excluding carboxylic acids is 1. The van der Waals surface area contributed by atoms with Crippen LogP contribution in [0.5, 0.6) is 0 Å². The smallest absolute Gasteiger partial charge is 0.262 e. The van der Waals surface area contributed by atoms with Crippen LogP contribution in [0, 0.1) is 17.5 Å². The number of aromatic nitrogens is 3. The fraction of sp³-hybridized carbons (Fsp3) is 0.107. The van der Waals surface area contributed by atoms with E-state index >= 15 is 4.39 Å². The van der Waals surface area contributed by atoms with Crippen molar-refractivity contribution < 1.29 is 26.4 Å². The largest absolute Gasteiger partial charge is 0.369 e. The van der Waals surface area contributed by atoms with E-state index < -0.39 is 55.3 Å². The van der Waals surface area contributed by atoms with Crippen LogP contribution < -0.4 is 10.0 Å². The highest BCUT2D eigenvalue weighted by molar-refractivity contribution is 7.92. The number of Topliss-reactive ketones (excluding diaryl/α,β-unsaturated/α-hetero) is 1. The van der Waals surface area contributed by atoms with Gasteiger partial charge in [0.15, 0.2) is 11.6 Å². The Morgan fingerprint density at radius 1 is 1.07 bits per heavy atom. The number of carbonyl (C=O) groups is 1. The molecule has 0 bridgehead atoms. The molecule has 1 aliphatic heterocycles. The van der Waals surface area contributed by atoms with Crippen LogP contribution in [0.2, 0.25) is 0 Å². The Labute approximate surface area is 226 Å². The zero-order valence-corrected chi connectivity index (χ0v) is 21.6. The molecule has 0 saturated heterocycles. The first-order chi connectivity index (χ1) is 19.1. The second-order valence-corrected chi connectivity index (χ2v) is 11.0. The highest BCUT2D eigenvalue weighted by atomic mass is 32.2. The Morgan fingerprint density at radius 3 is 2.67 bits per heavy atom. The summed E-state index contributed by atoms with van der Waals surface area (Å²) < 4.78 is 73.1. The molecule has 40 heavy (non-hydrogen) atoms. The molecule has 202 valence electrons. The number of sulfonamides is 1. The molecule has 5 aromatic rings. The Bertz CT molecular complexity index is 1940. The summed E-state index contributed by atoms with van der Waals surface area (Å²) in [4.78, 5) is 17.5. The second kappa shape index (κ2) is 9.49. The number of benzene rings is 3. The molecule has 2 aromatic heterocycles. The predicted molar refractivity (Wildman–Crippen MR) is 143 cm³/mol. The summed E-state index contributed by atoms with van der Waals surface area (Å²) in [5.41, 5.74) is 1.21. The van der Waals surface area contributed by atoms with E-state index in [0.717, 1.165) is 46.8 Å². The van der Waals surface area contributed by atoms with E-state index in [0.29, 0.717) is 16.9 Å². The quantitative estimate of drug-likeness (QED) is 0.274. The maximum atomic E-state index is 15.6. The van der Waals surface area contributed by atoms with E-state index in [1.165, 1.54) is 6.07 Å². The number of anilines is 2. The van der Waals surface area contributed by atoms with E-state index in [4.69, 9.17) is 0 Å². The minimum atomic E-state index is -4.43. The monoisotopic (exact) mass is 563 g/mol. The number of aryl methyl sites for hydroxylation is 1. The van der Waals surface area contributed by atoms with Gasteiger partial charge in [-0.2, -0.15) is 5.10 Å². The number of ketones is 1. The Hall–Kier alpha value is -4.71. The van der Waals surface area contributed by atoms with E-state index in [2.05, 4.69) is 15.4 Å². The van der Waals surface area contributed by atoms with E-state index in [9.17, 15) is 22.0 Å². The lowest BCUT2D eigenvalue weighted by Gasteiger charge is -2.15. The van der Waals surface area contributed by atoms with E-state index in [1.54, 1.807) is 24.0 Å². The number of hydrogen-bond donors (Lipinski definition) is 2. The maximum Gasteiger partial charge on any atom is 0.262 e. The molecular weight excluding hydrogens is 543 g/mol. The average Bonchev–Trinajstić information content (AvgIpc) is 3.52. The van der Waals surface area contributed by atoms with Crippen LogP contribution >= 0.6 is 0 Å². The molecule has 0 radical (unpaired) electrons. The molecule has 1 atom stereocenters. The van der Waals surface area contributed by atoms with Crippen molar-refractivity contribution in [2.75, 3.05) is 16.6 Å². The fourth-order valence-corrected chi connectivity index (χ4v) is 5.96. The zero-order valence-electron chi connectivity index (χ0n) is 20.8. The van der Waals surface area contributed by atoms with Crippen LogP contribution in [0.3, 0.4) is 0 Å². The summed E-state index contributed by atoms with van der Waals surface area (Å²) >= 11 is 0. The van der Waals surface area contributed by atoms with Gasteiger partial charge in [0, 0.05) is 42.5 Å². The fourth-order valence-electron chi connectivity index (χ4n) is 4.87. The number of nitrogens with zero attached hydrogens (tertiary/aromatic N) is 3. The summed E-state index contributed by atoms with van der Waals surface area (Å²) in [7, 11) is -2.62. The van der Waals surface area contributed by atoms with Gasteiger partial charge in [0.1, 0.15) is 17.5 Å². The lowest BCUT2D eigenvalue weighted by atomic mass is 9.90. The predicted octanol–water partition coefficient (Wildman–Crippen LogP) is 5.25. The summed E-state index contributed by atoms with van der Waals surface area (Å²) in [5.74, 6) is -4.79. The Balaban J connectivity index is 1.36. The number of pyridine rings is 1. The molecular formula is C28H20F3N5O3S. The summed E-state index contributed by atoms with van der Waals surface area (Å²) in [6.07, 6.45) is 3.50. The van der Waals surface area contributed by atoms with Crippen LogP contribution in [0.15, 0.2) is 78.0 Å². The second-order valence-electron chi connectivity index (χ2n) is 9.35. The molecule has 8 nitrogen and oxygen atoms in total. The van der Waals surface area contributed by atoms with Crippen molar-refractivity contribution in [3.63, 3.8) is 0 Å². The zero-order chi connectivity index (χ0) is 28.2. The summed E-state index contributed by atoms with van der Waals surface area (Å²) in [5, 5.41) is 8.28. The van der Waals surface area contributed by atoms with Gasteiger partial charge in [0.2, 0.25) is 0 Å². The number of hydrogen-bond acceptors (Lipinski definition) is 6. The third-order valence-electron chi connectivity index (χ3n) is 6.75. The van der Waals surface area contributed by atoms with Gasteiger partial charge in [-0.25, -0.2) is 26.6 Å². The summed E-state index contributed by atoms with van der Waals surface area (Å²) in [6.45, 7) is 0.0415. The number of nitrogens with one attached hydrogen (secondary N) is 2. The molecule has 1 unspecified atom stereocenters. The van der Waals surface area contributed by atoms with E-state index in [-0.39, 0.29) is 6.54 Å². The molecule has 0 saturated carbocycles. The molecule has 2 N–H and O–H groups in total. The third-order valence-corrected chi connectivity index (χ3v) is 8.11. The van der Waals surface area contributed by atoms with Gasteiger partial charge in [0.25, 0.3) is 10.0 Å². The molecule has 1 aliphatic rings. The Kier molecular flexibility index (Phi) is 6.06. The SMILES string of the molecule is Cn1cc2c(-c3cnc4c(c3)C(C(=O)c3c(F)ccc(NS(=O)(=O)c5cccc(F)c5)c3F)CN4)cccc2n1. The van der Waals surface area contributed by atoms with Gasteiger partial charge in [-0.05, 0) is 48.0 Å². The highest BCUT2D eigenvalue weighted by Crippen LogP contribution is 2.38. The van der Waals surface area contributed by atoms with Gasteiger partial charge in [0.05, 0.1) is 27.6 Å². The van der Waals surface area contributed by atoms with Gasteiger partial charge >= 0.3 is 0 Å².